The summed E-state index contributed by atoms with van der Waals surface area (Å²) in [5.74, 6) is 0. The fraction of sp³-hybridized carbons (Fsp3) is 0. The van der Waals surface area contributed by atoms with Crippen LogP contribution >= 0.6 is 0 Å². The number of hydrogen-bond donors (Lipinski definition) is 0. The standard InChI is InChI=1S/C8H8O3S.K/c9-12(10)11-7-6-8-4-2-1-3-5-8;/h1-7H,(H,9,10);/q;+1/p-1. The first-order valence-electron chi connectivity index (χ1n) is 3.27. The summed E-state index contributed by atoms with van der Waals surface area (Å²) >= 11 is -2.48. The van der Waals surface area contributed by atoms with Crippen molar-refractivity contribution < 1.29 is 64.3 Å². The van der Waals surface area contributed by atoms with Crippen LogP contribution in [0, 0.1) is 0 Å². The Labute approximate surface area is 122 Å². The maximum absolute atomic E-state index is 9.92. The molecule has 1 atom stereocenters. The molecule has 0 radical (unpaired) electrons. The van der Waals surface area contributed by atoms with E-state index in [4.69, 9.17) is 0 Å². The topological polar surface area (TPSA) is 49.4 Å². The van der Waals surface area contributed by atoms with Gasteiger partial charge < -0.3 is 8.74 Å². The Kier molecular flexibility index (Phi) is 8.17. The average Bonchev–Trinajstić information content (AvgIpc) is 2.05. The summed E-state index contributed by atoms with van der Waals surface area (Å²) in [7, 11) is 0. The van der Waals surface area contributed by atoms with Crippen LogP contribution in [0.3, 0.4) is 0 Å². The molecule has 3 nitrogen and oxygen atoms in total. The van der Waals surface area contributed by atoms with Crippen LogP contribution in [0.2, 0.25) is 0 Å². The van der Waals surface area contributed by atoms with Gasteiger partial charge in [-0.2, -0.15) is 0 Å². The Bertz CT molecular complexity index is 287. The third kappa shape index (κ3) is 6.56. The number of hydrogen-bond acceptors (Lipinski definition) is 3. The van der Waals surface area contributed by atoms with Crippen LogP contribution in [0.15, 0.2) is 36.6 Å². The van der Waals surface area contributed by atoms with Crippen molar-refractivity contribution in [2.45, 2.75) is 0 Å². The van der Waals surface area contributed by atoms with Crippen molar-refractivity contribution in [3.05, 3.63) is 42.2 Å². The zero-order chi connectivity index (χ0) is 8.81. The quantitative estimate of drug-likeness (QED) is 0.354. The molecule has 1 rings (SSSR count). The molecular formula is C8H7KO3S. The smallest absolute Gasteiger partial charge is 0.740 e. The van der Waals surface area contributed by atoms with E-state index in [0.717, 1.165) is 11.8 Å². The van der Waals surface area contributed by atoms with Crippen LogP contribution in [0.4, 0.5) is 0 Å². The van der Waals surface area contributed by atoms with Gasteiger partial charge in [0.2, 0.25) is 0 Å². The first-order chi connectivity index (χ1) is 5.79. The van der Waals surface area contributed by atoms with Gasteiger partial charge in [-0.15, -0.1) is 0 Å². The molecule has 0 saturated carbocycles. The summed E-state index contributed by atoms with van der Waals surface area (Å²) in [4.78, 5) is 0. The fourth-order valence-electron chi connectivity index (χ4n) is 0.716. The summed E-state index contributed by atoms with van der Waals surface area (Å²) in [6, 6.07) is 9.27. The Morgan fingerprint density at radius 3 is 2.46 bits per heavy atom. The number of rotatable bonds is 3. The molecule has 1 unspecified atom stereocenters. The van der Waals surface area contributed by atoms with Crippen molar-refractivity contribution >= 4 is 17.4 Å². The van der Waals surface area contributed by atoms with Crippen molar-refractivity contribution in [2.24, 2.45) is 0 Å². The normalized spacial score (nSPS) is 12.1. The van der Waals surface area contributed by atoms with Gasteiger partial charge in [-0.1, -0.05) is 30.3 Å². The molecule has 0 saturated heterocycles. The van der Waals surface area contributed by atoms with Crippen LogP contribution < -0.4 is 51.4 Å². The van der Waals surface area contributed by atoms with Gasteiger partial charge in [-0.25, -0.2) is 4.21 Å². The molecule has 0 aliphatic rings. The summed E-state index contributed by atoms with van der Waals surface area (Å²) < 4.78 is 24.0. The van der Waals surface area contributed by atoms with E-state index < -0.39 is 11.4 Å². The third-order valence-electron chi connectivity index (χ3n) is 1.19. The van der Waals surface area contributed by atoms with Crippen molar-refractivity contribution in [2.75, 3.05) is 0 Å². The third-order valence-corrected chi connectivity index (χ3v) is 1.46. The SMILES string of the molecule is O=S([O-])OC=Cc1ccccc1.[K+]. The van der Waals surface area contributed by atoms with Gasteiger partial charge >= 0.3 is 51.4 Å². The molecule has 0 N–H and O–H groups in total. The molecule has 0 bridgehead atoms. The zero-order valence-electron chi connectivity index (χ0n) is 7.17. The van der Waals surface area contributed by atoms with Crippen molar-refractivity contribution in [3.63, 3.8) is 0 Å². The maximum Gasteiger partial charge on any atom is 1.00 e. The van der Waals surface area contributed by atoms with Crippen LogP contribution in [0.5, 0.6) is 0 Å². The molecule has 0 heterocycles. The molecule has 13 heavy (non-hydrogen) atoms. The van der Waals surface area contributed by atoms with Gasteiger partial charge in [-0.3, -0.25) is 0 Å². The van der Waals surface area contributed by atoms with E-state index in [-0.39, 0.29) is 51.4 Å². The molecule has 5 heteroatoms. The van der Waals surface area contributed by atoms with Crippen LogP contribution in [0.1, 0.15) is 5.56 Å². The average molecular weight is 222 g/mol. The molecule has 0 aromatic heterocycles. The van der Waals surface area contributed by atoms with E-state index >= 15 is 0 Å². The second-order valence-corrected chi connectivity index (χ2v) is 2.61. The molecule has 0 spiro atoms. The minimum Gasteiger partial charge on any atom is -0.740 e. The second-order valence-electron chi connectivity index (χ2n) is 2.01. The fourth-order valence-corrected chi connectivity index (χ4v) is 0.862. The Morgan fingerprint density at radius 2 is 1.92 bits per heavy atom. The zero-order valence-corrected chi connectivity index (χ0v) is 11.1. The van der Waals surface area contributed by atoms with Crippen LogP contribution in [0.25, 0.3) is 6.08 Å². The van der Waals surface area contributed by atoms with E-state index in [1.54, 1.807) is 6.08 Å². The Balaban J connectivity index is 0.00000144. The van der Waals surface area contributed by atoms with E-state index in [0.29, 0.717) is 0 Å². The molecule has 0 aliphatic heterocycles. The molecule has 0 amide bonds. The van der Waals surface area contributed by atoms with Gasteiger partial charge in [0, 0.05) is 0 Å². The molecule has 1 aromatic rings. The van der Waals surface area contributed by atoms with Gasteiger partial charge in [0.15, 0.2) is 0 Å². The maximum atomic E-state index is 9.92. The van der Waals surface area contributed by atoms with Crippen LogP contribution in [-0.2, 0) is 15.5 Å². The van der Waals surface area contributed by atoms with Crippen molar-refractivity contribution in [1.82, 2.24) is 0 Å². The molecule has 0 aliphatic carbocycles. The first-order valence-corrected chi connectivity index (χ1v) is 4.27. The Hall–Kier alpha value is 0.506. The van der Waals surface area contributed by atoms with E-state index in [1.165, 1.54) is 0 Å². The molecular weight excluding hydrogens is 215 g/mol. The van der Waals surface area contributed by atoms with E-state index in [2.05, 4.69) is 4.18 Å². The van der Waals surface area contributed by atoms with Crippen LogP contribution in [-0.4, -0.2) is 8.76 Å². The van der Waals surface area contributed by atoms with E-state index in [1.807, 2.05) is 30.3 Å². The van der Waals surface area contributed by atoms with E-state index in [9.17, 15) is 8.76 Å². The number of benzene rings is 1. The van der Waals surface area contributed by atoms with Crippen molar-refractivity contribution in [3.8, 4) is 0 Å². The van der Waals surface area contributed by atoms with Gasteiger partial charge in [-0.05, 0) is 11.6 Å². The summed E-state index contributed by atoms with van der Waals surface area (Å²) in [6.07, 6.45) is 2.69. The largest absolute Gasteiger partial charge is 1.00 e. The van der Waals surface area contributed by atoms with Crippen molar-refractivity contribution in [1.29, 1.82) is 0 Å². The predicted octanol–water partition coefficient (Wildman–Crippen LogP) is -1.53. The predicted molar refractivity (Wildman–Crippen MR) is 45.5 cm³/mol. The minimum atomic E-state index is -2.48. The minimum absolute atomic E-state index is 0. The summed E-state index contributed by atoms with van der Waals surface area (Å²) in [5.41, 5.74) is 0.892. The van der Waals surface area contributed by atoms with Gasteiger partial charge in [0.1, 0.15) is 17.6 Å². The Morgan fingerprint density at radius 1 is 1.31 bits per heavy atom. The second kappa shape index (κ2) is 7.87. The molecule has 64 valence electrons. The first kappa shape index (κ1) is 13.5. The molecule has 0 fully saturated rings. The van der Waals surface area contributed by atoms with Gasteiger partial charge in [0.05, 0.1) is 0 Å². The monoisotopic (exact) mass is 222 g/mol. The summed E-state index contributed by atoms with van der Waals surface area (Å²) in [5, 5.41) is 0. The summed E-state index contributed by atoms with van der Waals surface area (Å²) in [6.45, 7) is 0. The molecule has 1 aromatic carbocycles. The van der Waals surface area contributed by atoms with Gasteiger partial charge in [0.25, 0.3) is 0 Å².